The third-order valence-corrected chi connectivity index (χ3v) is 44.6. The molecular formula is C32H36Si3. The smallest absolute Gasteiger partial charge is 0.103 e. The molecule has 0 radical (unpaired) electrons. The third kappa shape index (κ3) is 4.18. The van der Waals surface area contributed by atoms with E-state index in [0.29, 0.717) is 0 Å². The van der Waals surface area contributed by atoms with Gasteiger partial charge in [0.2, 0.25) is 0 Å². The van der Waals surface area contributed by atoms with E-state index in [1.807, 2.05) is 0 Å². The lowest BCUT2D eigenvalue weighted by Gasteiger charge is -2.55. The van der Waals surface area contributed by atoms with Gasteiger partial charge in [-0.05, 0) is 12.1 Å². The third-order valence-electron chi connectivity index (χ3n) is 8.10. The number of hydrogen-bond donors (Lipinski definition) is 0. The van der Waals surface area contributed by atoms with Crippen LogP contribution in [0.5, 0.6) is 0 Å². The van der Waals surface area contributed by atoms with Crippen molar-refractivity contribution in [3.8, 4) is 0 Å². The summed E-state index contributed by atoms with van der Waals surface area (Å²) in [7, 11) is -6.69. The molecule has 0 aliphatic carbocycles. The van der Waals surface area contributed by atoms with Gasteiger partial charge in [0.05, 0.1) is 7.11 Å². The van der Waals surface area contributed by atoms with Crippen molar-refractivity contribution in [2.75, 3.05) is 0 Å². The van der Waals surface area contributed by atoms with Crippen LogP contribution in [0.2, 0.25) is 25.2 Å². The summed E-state index contributed by atoms with van der Waals surface area (Å²) >= 11 is 0. The molecule has 176 valence electrons. The fourth-order valence-electron chi connectivity index (χ4n) is 6.45. The zero-order chi connectivity index (χ0) is 24.8. The Bertz CT molecular complexity index is 1060. The molecule has 0 aliphatic heterocycles. The quantitative estimate of drug-likeness (QED) is 0.191. The van der Waals surface area contributed by atoms with Gasteiger partial charge in [-0.25, -0.2) is 0 Å². The molecule has 4 aromatic rings. The molecule has 0 aliphatic rings. The van der Waals surface area contributed by atoms with E-state index >= 15 is 0 Å². The maximum atomic E-state index is 4.34. The molecular weight excluding hydrogens is 469 g/mol. The highest BCUT2D eigenvalue weighted by Gasteiger charge is 2.62. The Morgan fingerprint density at radius 1 is 0.457 bits per heavy atom. The van der Waals surface area contributed by atoms with Crippen molar-refractivity contribution in [3.05, 3.63) is 147 Å². The highest BCUT2D eigenvalue weighted by atomic mass is 29.6. The van der Waals surface area contributed by atoms with E-state index in [2.05, 4.69) is 160 Å². The lowest BCUT2D eigenvalue weighted by molar-refractivity contribution is 1.56. The van der Waals surface area contributed by atoms with E-state index in [9.17, 15) is 0 Å². The van der Waals surface area contributed by atoms with E-state index in [4.69, 9.17) is 0 Å². The minimum Gasteiger partial charge on any atom is -0.103 e. The van der Waals surface area contributed by atoms with Crippen molar-refractivity contribution >= 4 is 43.0 Å². The molecule has 0 unspecified atom stereocenters. The summed E-state index contributed by atoms with van der Waals surface area (Å²) in [5.74, 6) is 0. The summed E-state index contributed by atoms with van der Waals surface area (Å²) in [4.78, 5) is 0. The van der Waals surface area contributed by atoms with Crippen LogP contribution in [0.3, 0.4) is 0 Å². The molecule has 35 heavy (non-hydrogen) atoms. The number of hydrogen-bond acceptors (Lipinski definition) is 0. The second-order valence-electron chi connectivity index (χ2n) is 9.89. The number of allylic oxidation sites excluding steroid dienone is 2. The molecule has 0 bridgehead atoms. The first-order valence-corrected chi connectivity index (χ1v) is 21.9. The molecule has 0 saturated carbocycles. The molecule has 0 aromatic heterocycles. The summed E-state index contributed by atoms with van der Waals surface area (Å²) in [5, 5.41) is 6.15. The minimum atomic E-state index is -2.28. The predicted molar refractivity (Wildman–Crippen MR) is 163 cm³/mol. The lowest BCUT2D eigenvalue weighted by Crippen LogP contribution is -2.89. The van der Waals surface area contributed by atoms with Crippen LogP contribution >= 0.6 is 0 Å². The average molecular weight is 505 g/mol. The molecule has 0 heterocycles. The number of benzene rings is 4. The van der Waals surface area contributed by atoms with Gasteiger partial charge < -0.3 is 0 Å². The first kappa shape index (κ1) is 25.1. The normalized spacial score (nSPS) is 12.2. The second-order valence-corrected chi connectivity index (χ2v) is 34.0. The summed E-state index contributed by atoms with van der Waals surface area (Å²) < 4.78 is 0. The summed E-state index contributed by atoms with van der Waals surface area (Å²) in [6.45, 7) is 14.1. The Hall–Kier alpha value is -2.99. The predicted octanol–water partition coefficient (Wildman–Crippen LogP) is 5.75. The molecule has 4 aromatic carbocycles. The van der Waals surface area contributed by atoms with Gasteiger partial charge in [0.1, 0.15) is 15.2 Å². The largest absolute Gasteiger partial charge is 0.112 e. The standard InChI is InChI=1S/C32H36Si3/c1-5-27-34(29-19-11-7-12-20-29,30-21-13-8-14-22-30)33(3,4)35(28-6-2,31-23-15-9-16-24-31)32-25-17-10-18-26-32/h5-26H,1-2,27-28H2,3-4H3. The average Bonchev–Trinajstić information content (AvgIpc) is 2.92. The molecule has 0 nitrogen and oxygen atoms in total. The molecule has 0 amide bonds. The van der Waals surface area contributed by atoms with Crippen molar-refractivity contribution in [3.63, 3.8) is 0 Å². The van der Waals surface area contributed by atoms with Gasteiger partial charge in [-0.1, -0.05) is 167 Å². The fourth-order valence-corrected chi connectivity index (χ4v) is 47.0. The number of rotatable bonds is 10. The summed E-state index contributed by atoms with van der Waals surface area (Å²) in [6.07, 6.45) is 4.42. The zero-order valence-electron chi connectivity index (χ0n) is 21.0. The van der Waals surface area contributed by atoms with Crippen LogP contribution in [0.4, 0.5) is 0 Å². The van der Waals surface area contributed by atoms with Crippen LogP contribution in [0.15, 0.2) is 147 Å². The Morgan fingerprint density at radius 2 is 0.686 bits per heavy atom. The first-order chi connectivity index (χ1) is 17.0. The Kier molecular flexibility index (Phi) is 7.70. The molecule has 0 spiro atoms. The van der Waals surface area contributed by atoms with Crippen molar-refractivity contribution in [2.24, 2.45) is 0 Å². The van der Waals surface area contributed by atoms with E-state index in [1.54, 1.807) is 0 Å². The highest BCUT2D eigenvalue weighted by molar-refractivity contribution is 7.78. The maximum absolute atomic E-state index is 4.34. The maximum Gasteiger partial charge on any atom is 0.112 e. The minimum absolute atomic E-state index is 1.05. The van der Waals surface area contributed by atoms with E-state index < -0.39 is 22.3 Å². The topological polar surface area (TPSA) is 0 Å². The Balaban J connectivity index is 2.18. The van der Waals surface area contributed by atoms with Crippen molar-refractivity contribution in [2.45, 2.75) is 25.2 Å². The molecule has 0 fully saturated rings. The van der Waals surface area contributed by atoms with E-state index in [-0.39, 0.29) is 0 Å². The van der Waals surface area contributed by atoms with E-state index in [0.717, 1.165) is 12.1 Å². The van der Waals surface area contributed by atoms with Gasteiger partial charge in [0.15, 0.2) is 0 Å². The molecule has 0 atom stereocenters. The van der Waals surface area contributed by atoms with Crippen molar-refractivity contribution < 1.29 is 0 Å². The van der Waals surface area contributed by atoms with Crippen molar-refractivity contribution in [1.29, 1.82) is 0 Å². The van der Waals surface area contributed by atoms with Gasteiger partial charge in [-0.3, -0.25) is 0 Å². The van der Waals surface area contributed by atoms with Crippen LogP contribution in [-0.4, -0.2) is 22.3 Å². The van der Waals surface area contributed by atoms with Gasteiger partial charge >= 0.3 is 0 Å². The van der Waals surface area contributed by atoms with Crippen LogP contribution < -0.4 is 20.7 Å². The second kappa shape index (κ2) is 10.7. The highest BCUT2D eigenvalue weighted by Crippen LogP contribution is 2.35. The van der Waals surface area contributed by atoms with Crippen molar-refractivity contribution in [1.82, 2.24) is 0 Å². The van der Waals surface area contributed by atoms with Crippen LogP contribution in [0.1, 0.15) is 0 Å². The summed E-state index contributed by atoms with van der Waals surface area (Å²) in [6, 6.07) is 47.8. The Morgan fingerprint density at radius 3 is 0.886 bits per heavy atom. The van der Waals surface area contributed by atoms with Crippen LogP contribution in [0, 0.1) is 0 Å². The van der Waals surface area contributed by atoms with Gasteiger partial charge in [0.25, 0.3) is 0 Å². The lowest BCUT2D eigenvalue weighted by atomic mass is 10.4. The van der Waals surface area contributed by atoms with Gasteiger partial charge in [0, 0.05) is 0 Å². The molecule has 0 N–H and O–H groups in total. The van der Waals surface area contributed by atoms with Gasteiger partial charge in [-0.15, -0.1) is 13.2 Å². The molecule has 3 heteroatoms. The van der Waals surface area contributed by atoms with Crippen LogP contribution in [-0.2, 0) is 0 Å². The zero-order valence-corrected chi connectivity index (χ0v) is 24.0. The molecule has 0 saturated heterocycles. The van der Waals surface area contributed by atoms with E-state index in [1.165, 1.54) is 20.7 Å². The SMILES string of the molecule is C=CC[Si](c1ccccc1)(c1ccccc1)[Si](C)(C)[Si](CC=C)(c1ccccc1)c1ccccc1. The fraction of sp³-hybridized carbons (Fsp3) is 0.125. The first-order valence-electron chi connectivity index (χ1n) is 12.5. The monoisotopic (exact) mass is 504 g/mol. The van der Waals surface area contributed by atoms with Gasteiger partial charge in [-0.2, -0.15) is 0 Å². The van der Waals surface area contributed by atoms with Crippen LogP contribution in [0.25, 0.3) is 0 Å². The summed E-state index contributed by atoms with van der Waals surface area (Å²) in [5.41, 5.74) is 0. The Labute approximate surface area is 214 Å². The molecule has 4 rings (SSSR count).